The number of benzene rings is 1. The van der Waals surface area contributed by atoms with Crippen LogP contribution < -0.4 is 0 Å². The second-order valence-corrected chi connectivity index (χ2v) is 4.90. The Balaban J connectivity index is 2.36. The molecule has 90 valence electrons. The van der Waals surface area contributed by atoms with E-state index >= 15 is 0 Å². The van der Waals surface area contributed by atoms with Crippen molar-refractivity contribution in [2.75, 3.05) is 7.11 Å². The number of rotatable bonds is 2. The highest BCUT2D eigenvalue weighted by Crippen LogP contribution is 2.34. The van der Waals surface area contributed by atoms with Crippen LogP contribution in [0.4, 0.5) is 0 Å². The van der Waals surface area contributed by atoms with E-state index in [2.05, 4.69) is 11.2 Å². The molecule has 3 nitrogen and oxygen atoms in total. The molecule has 2 rings (SSSR count). The van der Waals surface area contributed by atoms with E-state index in [0.717, 1.165) is 15.5 Å². The van der Waals surface area contributed by atoms with Gasteiger partial charge in [0.1, 0.15) is 18.2 Å². The molecule has 0 saturated heterocycles. The Morgan fingerprint density at radius 1 is 1.33 bits per heavy atom. The summed E-state index contributed by atoms with van der Waals surface area (Å²) in [5, 5.41) is 14.5. The molecule has 18 heavy (non-hydrogen) atoms. The van der Waals surface area contributed by atoms with Crippen LogP contribution in [0, 0.1) is 11.3 Å². The maximum atomic E-state index is 9.27. The smallest absolute Gasteiger partial charge is 0.140 e. The highest BCUT2D eigenvalue weighted by molar-refractivity contribution is 8.18. The van der Waals surface area contributed by atoms with Gasteiger partial charge in [-0.3, -0.25) is 0 Å². The zero-order valence-electron chi connectivity index (χ0n) is 9.55. The fraction of sp³-hybridized carbons (Fsp3) is 0.0769. The van der Waals surface area contributed by atoms with E-state index < -0.39 is 0 Å². The monoisotopic (exact) mass is 276 g/mol. The number of allylic oxidation sites excluding steroid dienone is 2. The number of nitrogens with zero attached hydrogens (tertiary/aromatic N) is 2. The van der Waals surface area contributed by atoms with Crippen LogP contribution in [0.1, 0.15) is 5.56 Å². The van der Waals surface area contributed by atoms with Crippen molar-refractivity contribution in [3.05, 3.63) is 51.9 Å². The largest absolute Gasteiger partial charge is 0.398 e. The van der Waals surface area contributed by atoms with Gasteiger partial charge in [-0.15, -0.1) is 0 Å². The van der Waals surface area contributed by atoms with Gasteiger partial charge in [-0.05, 0) is 29.8 Å². The van der Waals surface area contributed by atoms with E-state index in [1.54, 1.807) is 12.1 Å². The van der Waals surface area contributed by atoms with Gasteiger partial charge in [0, 0.05) is 9.93 Å². The lowest BCUT2D eigenvalue weighted by atomic mass is 10.1. The van der Waals surface area contributed by atoms with Crippen molar-refractivity contribution >= 4 is 34.0 Å². The van der Waals surface area contributed by atoms with Crippen LogP contribution in [0.15, 0.2) is 46.5 Å². The van der Waals surface area contributed by atoms with Gasteiger partial charge in [-0.25, -0.2) is 0 Å². The van der Waals surface area contributed by atoms with Gasteiger partial charge < -0.3 is 4.84 Å². The second kappa shape index (κ2) is 5.76. The molecule has 0 spiro atoms. The SMILES string of the molecule is CON=C1C=C/C(=C(\C#N)c2ccc(Cl)cc2)S1. The summed E-state index contributed by atoms with van der Waals surface area (Å²) in [7, 11) is 1.49. The predicted molar refractivity (Wildman–Crippen MR) is 75.2 cm³/mol. The standard InChI is InChI=1S/C13H9ClN2OS/c1-17-16-13-7-6-12(18-13)11(8-15)9-2-4-10(14)5-3-9/h2-7H,1H3/b12-11-,16-13?. The van der Waals surface area contributed by atoms with E-state index in [1.807, 2.05) is 24.3 Å². The first-order chi connectivity index (χ1) is 8.74. The van der Waals surface area contributed by atoms with Crippen LogP contribution in [0.3, 0.4) is 0 Å². The van der Waals surface area contributed by atoms with E-state index in [4.69, 9.17) is 16.4 Å². The molecule has 5 heteroatoms. The molecule has 1 heterocycles. The van der Waals surface area contributed by atoms with Crippen LogP contribution >= 0.6 is 23.4 Å². The average Bonchev–Trinajstić information content (AvgIpc) is 2.82. The van der Waals surface area contributed by atoms with Crippen LogP contribution in [0.2, 0.25) is 5.02 Å². The van der Waals surface area contributed by atoms with E-state index in [9.17, 15) is 5.26 Å². The third kappa shape index (κ3) is 2.76. The van der Waals surface area contributed by atoms with E-state index in [1.165, 1.54) is 18.9 Å². The molecule has 1 aromatic rings. The number of oxime groups is 1. The number of hydrogen-bond donors (Lipinski definition) is 0. The van der Waals surface area contributed by atoms with Crippen molar-refractivity contribution in [3.8, 4) is 6.07 Å². The Labute approximate surface area is 114 Å². The molecule has 1 aliphatic heterocycles. The summed E-state index contributed by atoms with van der Waals surface area (Å²) in [6, 6.07) is 9.40. The lowest BCUT2D eigenvalue weighted by molar-refractivity contribution is 0.215. The molecule has 0 N–H and O–H groups in total. The van der Waals surface area contributed by atoms with Crippen molar-refractivity contribution in [2.45, 2.75) is 0 Å². The summed E-state index contributed by atoms with van der Waals surface area (Å²) in [4.78, 5) is 5.56. The first kappa shape index (κ1) is 12.7. The number of hydrogen-bond acceptors (Lipinski definition) is 4. The van der Waals surface area contributed by atoms with Gasteiger partial charge in [0.25, 0.3) is 0 Å². The minimum atomic E-state index is 0.606. The fourth-order valence-electron chi connectivity index (χ4n) is 1.48. The molecule has 0 amide bonds. The summed E-state index contributed by atoms with van der Waals surface area (Å²) in [6.45, 7) is 0. The number of nitriles is 1. The third-order valence-corrected chi connectivity index (χ3v) is 3.50. The zero-order chi connectivity index (χ0) is 13.0. The van der Waals surface area contributed by atoms with E-state index in [0.29, 0.717) is 10.6 Å². The van der Waals surface area contributed by atoms with Crippen LogP contribution in [-0.2, 0) is 4.84 Å². The first-order valence-electron chi connectivity index (χ1n) is 5.12. The van der Waals surface area contributed by atoms with Crippen molar-refractivity contribution in [3.63, 3.8) is 0 Å². The molecule has 1 aliphatic rings. The van der Waals surface area contributed by atoms with Gasteiger partial charge in [-0.2, -0.15) is 5.26 Å². The Bertz CT molecular complexity index is 582. The molecule has 0 radical (unpaired) electrons. The summed E-state index contributed by atoms with van der Waals surface area (Å²) >= 11 is 7.23. The molecular weight excluding hydrogens is 268 g/mol. The molecule has 0 fully saturated rings. The van der Waals surface area contributed by atoms with Gasteiger partial charge in [-0.1, -0.05) is 40.7 Å². The predicted octanol–water partition coefficient (Wildman–Crippen LogP) is 3.84. The highest BCUT2D eigenvalue weighted by Gasteiger charge is 2.15. The minimum absolute atomic E-state index is 0.606. The van der Waals surface area contributed by atoms with E-state index in [-0.39, 0.29) is 0 Å². The Hall–Kier alpha value is -1.70. The fourth-order valence-corrected chi connectivity index (χ4v) is 2.48. The maximum absolute atomic E-state index is 9.27. The molecule has 1 aromatic carbocycles. The Morgan fingerprint density at radius 2 is 2.06 bits per heavy atom. The van der Waals surface area contributed by atoms with Crippen molar-refractivity contribution in [1.82, 2.24) is 0 Å². The normalized spacial score (nSPS) is 18.8. The summed E-state index contributed by atoms with van der Waals surface area (Å²) in [5.41, 5.74) is 1.45. The third-order valence-electron chi connectivity index (χ3n) is 2.26. The molecular formula is C13H9ClN2OS. The lowest BCUT2D eigenvalue weighted by Gasteiger charge is -2.02. The summed E-state index contributed by atoms with van der Waals surface area (Å²) in [5.74, 6) is 0. The molecule has 0 aromatic heterocycles. The van der Waals surface area contributed by atoms with Crippen molar-refractivity contribution in [2.24, 2.45) is 5.16 Å². The molecule has 0 saturated carbocycles. The Kier molecular flexibility index (Phi) is 4.08. The van der Waals surface area contributed by atoms with Crippen molar-refractivity contribution in [1.29, 1.82) is 5.26 Å². The molecule has 0 unspecified atom stereocenters. The first-order valence-corrected chi connectivity index (χ1v) is 6.31. The summed E-state index contributed by atoms with van der Waals surface area (Å²) < 4.78 is 0. The Morgan fingerprint density at radius 3 is 2.67 bits per heavy atom. The van der Waals surface area contributed by atoms with Crippen LogP contribution in [-0.4, -0.2) is 12.2 Å². The lowest BCUT2D eigenvalue weighted by Crippen LogP contribution is -1.85. The second-order valence-electron chi connectivity index (χ2n) is 3.41. The topological polar surface area (TPSA) is 45.4 Å². The minimum Gasteiger partial charge on any atom is -0.398 e. The highest BCUT2D eigenvalue weighted by atomic mass is 35.5. The number of thioether (sulfide) groups is 1. The molecule has 0 aliphatic carbocycles. The molecule has 0 atom stereocenters. The van der Waals surface area contributed by atoms with Gasteiger partial charge in [0.2, 0.25) is 0 Å². The summed E-state index contributed by atoms with van der Waals surface area (Å²) in [6.07, 6.45) is 3.67. The zero-order valence-corrected chi connectivity index (χ0v) is 11.1. The number of halogens is 1. The average molecular weight is 277 g/mol. The van der Waals surface area contributed by atoms with Crippen molar-refractivity contribution < 1.29 is 4.84 Å². The maximum Gasteiger partial charge on any atom is 0.140 e. The molecule has 0 bridgehead atoms. The van der Waals surface area contributed by atoms with Gasteiger partial charge in [0.15, 0.2) is 0 Å². The van der Waals surface area contributed by atoms with Gasteiger partial charge >= 0.3 is 0 Å². The quantitative estimate of drug-likeness (QED) is 0.609. The van der Waals surface area contributed by atoms with Crippen LogP contribution in [0.25, 0.3) is 5.57 Å². The van der Waals surface area contributed by atoms with Gasteiger partial charge in [0.05, 0.1) is 5.57 Å². The van der Waals surface area contributed by atoms with Crippen LogP contribution in [0.5, 0.6) is 0 Å².